The van der Waals surface area contributed by atoms with Crippen molar-refractivity contribution in [2.24, 2.45) is 0 Å². The van der Waals surface area contributed by atoms with E-state index < -0.39 is 5.60 Å². The first-order valence-corrected chi connectivity index (χ1v) is 4.80. The Bertz CT molecular complexity index is 305. The first kappa shape index (κ1) is 10.7. The standard InChI is InChI=1S/C10H12BrFO/c1-6-8(11)4-7(5-9(6)12)10(2,3)13/h4-5,13H,1-3H3. The van der Waals surface area contributed by atoms with Gasteiger partial charge in [-0.05, 0) is 44.0 Å². The fourth-order valence-electron chi connectivity index (χ4n) is 0.999. The lowest BCUT2D eigenvalue weighted by atomic mass is 9.97. The summed E-state index contributed by atoms with van der Waals surface area (Å²) in [4.78, 5) is 0. The number of benzene rings is 1. The van der Waals surface area contributed by atoms with Gasteiger partial charge in [0.05, 0.1) is 5.60 Å². The first-order chi connectivity index (χ1) is 5.82. The third-order valence-electron chi connectivity index (χ3n) is 1.99. The van der Waals surface area contributed by atoms with Crippen molar-refractivity contribution in [3.05, 3.63) is 33.5 Å². The topological polar surface area (TPSA) is 20.2 Å². The molecular formula is C10H12BrFO. The van der Waals surface area contributed by atoms with Crippen LogP contribution in [0.15, 0.2) is 16.6 Å². The monoisotopic (exact) mass is 246 g/mol. The fraction of sp³-hybridized carbons (Fsp3) is 0.400. The highest BCUT2D eigenvalue weighted by molar-refractivity contribution is 9.10. The molecule has 13 heavy (non-hydrogen) atoms. The molecule has 72 valence electrons. The SMILES string of the molecule is Cc1c(F)cc(C(C)(C)O)cc1Br. The molecule has 0 radical (unpaired) electrons. The number of aliphatic hydroxyl groups is 1. The third-order valence-corrected chi connectivity index (χ3v) is 2.81. The molecule has 0 aliphatic rings. The quantitative estimate of drug-likeness (QED) is 0.808. The van der Waals surface area contributed by atoms with Gasteiger partial charge in [0, 0.05) is 4.47 Å². The molecule has 0 fully saturated rings. The van der Waals surface area contributed by atoms with Gasteiger partial charge in [-0.15, -0.1) is 0 Å². The maximum atomic E-state index is 13.2. The summed E-state index contributed by atoms with van der Waals surface area (Å²) in [6, 6.07) is 3.10. The van der Waals surface area contributed by atoms with Gasteiger partial charge in [0.1, 0.15) is 5.82 Å². The Morgan fingerprint density at radius 3 is 2.31 bits per heavy atom. The van der Waals surface area contributed by atoms with Crippen molar-refractivity contribution in [2.45, 2.75) is 26.4 Å². The van der Waals surface area contributed by atoms with Crippen LogP contribution in [0.2, 0.25) is 0 Å². The Morgan fingerprint density at radius 2 is 1.92 bits per heavy atom. The van der Waals surface area contributed by atoms with Crippen molar-refractivity contribution < 1.29 is 9.50 Å². The molecule has 0 saturated heterocycles. The van der Waals surface area contributed by atoms with Gasteiger partial charge in [0.15, 0.2) is 0 Å². The summed E-state index contributed by atoms with van der Waals surface area (Å²) in [5.74, 6) is -0.300. The minimum absolute atomic E-state index is 0.300. The van der Waals surface area contributed by atoms with E-state index in [-0.39, 0.29) is 5.82 Å². The third kappa shape index (κ3) is 2.29. The van der Waals surface area contributed by atoms with Crippen molar-refractivity contribution in [3.63, 3.8) is 0 Å². The van der Waals surface area contributed by atoms with Crippen LogP contribution in [0.3, 0.4) is 0 Å². The molecular weight excluding hydrogens is 235 g/mol. The predicted molar refractivity (Wildman–Crippen MR) is 54.1 cm³/mol. The molecule has 1 N–H and O–H groups in total. The second-order valence-corrected chi connectivity index (χ2v) is 4.48. The fourth-order valence-corrected chi connectivity index (χ4v) is 1.43. The van der Waals surface area contributed by atoms with E-state index in [2.05, 4.69) is 15.9 Å². The summed E-state index contributed by atoms with van der Waals surface area (Å²) in [7, 11) is 0. The molecule has 1 nitrogen and oxygen atoms in total. The molecule has 0 heterocycles. The van der Waals surface area contributed by atoms with Gasteiger partial charge in [-0.3, -0.25) is 0 Å². The maximum Gasteiger partial charge on any atom is 0.127 e. The van der Waals surface area contributed by atoms with Crippen molar-refractivity contribution in [1.29, 1.82) is 0 Å². The molecule has 0 atom stereocenters. The summed E-state index contributed by atoms with van der Waals surface area (Å²) in [5.41, 5.74) is 0.132. The molecule has 1 aromatic carbocycles. The molecule has 0 saturated carbocycles. The van der Waals surface area contributed by atoms with E-state index >= 15 is 0 Å². The molecule has 0 bridgehead atoms. The van der Waals surface area contributed by atoms with E-state index in [1.807, 2.05) is 0 Å². The lowest BCUT2D eigenvalue weighted by Gasteiger charge is -2.18. The minimum Gasteiger partial charge on any atom is -0.386 e. The predicted octanol–water partition coefficient (Wildman–Crippen LogP) is 3.12. The first-order valence-electron chi connectivity index (χ1n) is 4.01. The van der Waals surface area contributed by atoms with Crippen molar-refractivity contribution in [1.82, 2.24) is 0 Å². The van der Waals surface area contributed by atoms with Crippen molar-refractivity contribution in [2.75, 3.05) is 0 Å². The molecule has 1 aromatic rings. The Balaban J connectivity index is 3.29. The Hall–Kier alpha value is -0.410. The van der Waals surface area contributed by atoms with Gasteiger partial charge in [0.25, 0.3) is 0 Å². The van der Waals surface area contributed by atoms with Crippen molar-refractivity contribution >= 4 is 15.9 Å². The summed E-state index contributed by atoms with van der Waals surface area (Å²) >= 11 is 3.24. The van der Waals surface area contributed by atoms with E-state index in [1.165, 1.54) is 6.07 Å². The highest BCUT2D eigenvalue weighted by Crippen LogP contribution is 2.27. The van der Waals surface area contributed by atoms with Crippen LogP contribution in [-0.2, 0) is 5.60 Å². The molecule has 0 unspecified atom stereocenters. The van der Waals surface area contributed by atoms with Gasteiger partial charge >= 0.3 is 0 Å². The molecule has 0 spiro atoms. The largest absolute Gasteiger partial charge is 0.386 e. The van der Waals surface area contributed by atoms with Crippen molar-refractivity contribution in [3.8, 4) is 0 Å². The van der Waals surface area contributed by atoms with E-state index in [0.29, 0.717) is 15.6 Å². The minimum atomic E-state index is -1.00. The van der Waals surface area contributed by atoms with Gasteiger partial charge < -0.3 is 5.11 Å². The Morgan fingerprint density at radius 1 is 1.38 bits per heavy atom. The van der Waals surface area contributed by atoms with E-state index in [1.54, 1.807) is 26.8 Å². The molecule has 0 aromatic heterocycles. The highest BCUT2D eigenvalue weighted by Gasteiger charge is 2.18. The van der Waals surface area contributed by atoms with Crippen LogP contribution in [0, 0.1) is 12.7 Å². The van der Waals surface area contributed by atoms with E-state index in [0.717, 1.165) is 0 Å². The maximum absolute atomic E-state index is 13.2. The average Bonchev–Trinajstić information content (AvgIpc) is 1.97. The van der Waals surface area contributed by atoms with Crippen LogP contribution >= 0.6 is 15.9 Å². The normalized spacial score (nSPS) is 11.8. The second-order valence-electron chi connectivity index (χ2n) is 3.62. The number of hydrogen-bond donors (Lipinski definition) is 1. The lowest BCUT2D eigenvalue weighted by molar-refractivity contribution is 0.0781. The van der Waals surface area contributed by atoms with Crippen LogP contribution in [0.1, 0.15) is 25.0 Å². The highest BCUT2D eigenvalue weighted by atomic mass is 79.9. The molecule has 0 amide bonds. The smallest absolute Gasteiger partial charge is 0.127 e. The van der Waals surface area contributed by atoms with E-state index in [9.17, 15) is 9.50 Å². The van der Waals surface area contributed by atoms with Crippen LogP contribution in [0.5, 0.6) is 0 Å². The van der Waals surface area contributed by atoms with Gasteiger partial charge in [-0.1, -0.05) is 15.9 Å². The molecule has 0 aliphatic carbocycles. The average molecular weight is 247 g/mol. The second kappa shape index (κ2) is 3.39. The summed E-state index contributed by atoms with van der Waals surface area (Å²) < 4.78 is 13.9. The number of hydrogen-bond acceptors (Lipinski definition) is 1. The molecule has 0 aliphatic heterocycles. The Kier molecular flexibility index (Phi) is 2.78. The Labute approximate surface area is 85.7 Å². The zero-order valence-electron chi connectivity index (χ0n) is 7.86. The zero-order chi connectivity index (χ0) is 10.2. The van der Waals surface area contributed by atoms with Crippen LogP contribution in [0.25, 0.3) is 0 Å². The summed E-state index contributed by atoms with van der Waals surface area (Å²) in [5, 5.41) is 9.64. The molecule has 3 heteroatoms. The van der Waals surface area contributed by atoms with Crippen LogP contribution in [0.4, 0.5) is 4.39 Å². The number of halogens is 2. The van der Waals surface area contributed by atoms with E-state index in [4.69, 9.17) is 0 Å². The lowest BCUT2D eigenvalue weighted by Crippen LogP contribution is -2.16. The molecule has 1 rings (SSSR count). The van der Waals surface area contributed by atoms with Gasteiger partial charge in [0.2, 0.25) is 0 Å². The summed E-state index contributed by atoms with van der Waals surface area (Å²) in [6.45, 7) is 4.95. The zero-order valence-corrected chi connectivity index (χ0v) is 9.44. The summed E-state index contributed by atoms with van der Waals surface area (Å²) in [6.07, 6.45) is 0. The van der Waals surface area contributed by atoms with Crippen LogP contribution < -0.4 is 0 Å². The van der Waals surface area contributed by atoms with Crippen LogP contribution in [-0.4, -0.2) is 5.11 Å². The number of rotatable bonds is 1. The van der Waals surface area contributed by atoms with Gasteiger partial charge in [-0.2, -0.15) is 0 Å². The van der Waals surface area contributed by atoms with Gasteiger partial charge in [-0.25, -0.2) is 4.39 Å².